The van der Waals surface area contributed by atoms with E-state index in [1.54, 1.807) is 0 Å². The maximum atomic E-state index is 12.1. The minimum absolute atomic E-state index is 0.0372. The lowest BCUT2D eigenvalue weighted by molar-refractivity contribution is -0.131. The number of nitrogens with one attached hydrogen (secondary N) is 1. The summed E-state index contributed by atoms with van der Waals surface area (Å²) in [6, 6.07) is 0. The topological polar surface area (TPSA) is 67.9 Å². The summed E-state index contributed by atoms with van der Waals surface area (Å²) in [6.45, 7) is 4.62. The molecule has 4 heterocycles. The van der Waals surface area contributed by atoms with Crippen LogP contribution in [0.2, 0.25) is 0 Å². The molecule has 0 aromatic carbocycles. The average molecular weight is 294 g/mol. The third-order valence-corrected chi connectivity index (χ3v) is 5.57. The highest BCUT2D eigenvalue weighted by Gasteiger charge is 2.66. The number of fused-ring (bicyclic) bond motifs is 5. The number of amides is 2. The van der Waals surface area contributed by atoms with Crippen molar-refractivity contribution < 1.29 is 19.1 Å². The Hall–Kier alpha value is -0.980. The van der Waals surface area contributed by atoms with Crippen LogP contribution in [0.1, 0.15) is 25.7 Å². The largest absolute Gasteiger partial charge is 0.379 e. The Morgan fingerprint density at radius 1 is 1.24 bits per heavy atom. The van der Waals surface area contributed by atoms with Crippen molar-refractivity contribution in [2.45, 2.75) is 37.4 Å². The minimum Gasteiger partial charge on any atom is -0.379 e. The molecule has 4 aliphatic rings. The van der Waals surface area contributed by atoms with Crippen LogP contribution < -0.4 is 5.32 Å². The number of imide groups is 1. The summed E-state index contributed by atoms with van der Waals surface area (Å²) in [4.78, 5) is 26.4. The third-order valence-electron chi connectivity index (χ3n) is 5.57. The zero-order valence-corrected chi connectivity index (χ0v) is 12.2. The lowest BCUT2D eigenvalue weighted by Crippen LogP contribution is -2.42. The van der Waals surface area contributed by atoms with Gasteiger partial charge in [-0.25, -0.2) is 0 Å². The Balaban J connectivity index is 1.40. The quantitative estimate of drug-likeness (QED) is 0.735. The van der Waals surface area contributed by atoms with Crippen LogP contribution in [0.25, 0.3) is 0 Å². The predicted octanol–water partition coefficient (Wildman–Crippen LogP) is -0.0810. The fraction of sp³-hybridized carbons (Fsp3) is 0.867. The SMILES string of the molecule is O=C1NC(=O)C2C1C1CCC2(CCCN2CCOCC2)O1. The number of rotatable bonds is 4. The van der Waals surface area contributed by atoms with E-state index >= 15 is 0 Å². The molecule has 116 valence electrons. The second-order valence-corrected chi connectivity index (χ2v) is 6.67. The molecule has 4 saturated heterocycles. The molecule has 0 spiro atoms. The number of carbonyl (C=O) groups excluding carboxylic acids is 2. The highest BCUT2D eigenvalue weighted by atomic mass is 16.5. The molecule has 1 N–H and O–H groups in total. The molecule has 21 heavy (non-hydrogen) atoms. The Bertz CT molecular complexity index is 463. The summed E-state index contributed by atoms with van der Waals surface area (Å²) in [5.41, 5.74) is -0.377. The highest BCUT2D eigenvalue weighted by Crippen LogP contribution is 2.55. The van der Waals surface area contributed by atoms with Crippen molar-refractivity contribution in [1.82, 2.24) is 10.2 Å². The molecule has 0 aromatic heterocycles. The molecule has 4 aliphatic heterocycles. The van der Waals surface area contributed by atoms with E-state index in [2.05, 4.69) is 10.2 Å². The van der Waals surface area contributed by atoms with Crippen molar-refractivity contribution in [2.75, 3.05) is 32.8 Å². The molecule has 6 heteroatoms. The van der Waals surface area contributed by atoms with Gasteiger partial charge in [-0.05, 0) is 32.2 Å². The lowest BCUT2D eigenvalue weighted by Gasteiger charge is -2.32. The smallest absolute Gasteiger partial charge is 0.233 e. The van der Waals surface area contributed by atoms with E-state index in [1.807, 2.05) is 0 Å². The van der Waals surface area contributed by atoms with Gasteiger partial charge in [0.15, 0.2) is 0 Å². The first-order valence-corrected chi connectivity index (χ1v) is 8.02. The number of nitrogens with zero attached hydrogens (tertiary/aromatic N) is 1. The summed E-state index contributed by atoms with van der Waals surface area (Å²) < 4.78 is 11.5. The van der Waals surface area contributed by atoms with Gasteiger partial charge < -0.3 is 9.47 Å². The van der Waals surface area contributed by atoms with Gasteiger partial charge in [0.1, 0.15) is 0 Å². The monoisotopic (exact) mass is 294 g/mol. The highest BCUT2D eigenvalue weighted by molar-refractivity contribution is 6.06. The van der Waals surface area contributed by atoms with Crippen molar-refractivity contribution in [3.8, 4) is 0 Å². The minimum atomic E-state index is -0.377. The second kappa shape index (κ2) is 5.04. The number of morpholine rings is 1. The van der Waals surface area contributed by atoms with Crippen molar-refractivity contribution in [2.24, 2.45) is 11.8 Å². The van der Waals surface area contributed by atoms with Gasteiger partial charge >= 0.3 is 0 Å². The fourth-order valence-corrected chi connectivity index (χ4v) is 4.60. The zero-order valence-electron chi connectivity index (χ0n) is 12.2. The van der Waals surface area contributed by atoms with E-state index in [0.29, 0.717) is 0 Å². The standard InChI is InChI=1S/C15H22N2O4/c18-13-11-10-2-4-15(21-10,12(11)14(19)16-13)3-1-5-17-6-8-20-9-7-17/h10-12H,1-9H2,(H,16,18,19). The molecule has 4 fully saturated rings. The molecule has 0 aromatic rings. The molecular weight excluding hydrogens is 272 g/mol. The van der Waals surface area contributed by atoms with E-state index < -0.39 is 0 Å². The molecule has 2 amide bonds. The van der Waals surface area contributed by atoms with Crippen LogP contribution in [0.3, 0.4) is 0 Å². The van der Waals surface area contributed by atoms with Gasteiger partial charge in [0.25, 0.3) is 0 Å². The van der Waals surface area contributed by atoms with E-state index in [9.17, 15) is 9.59 Å². The van der Waals surface area contributed by atoms with Gasteiger partial charge in [-0.1, -0.05) is 0 Å². The van der Waals surface area contributed by atoms with E-state index in [4.69, 9.17) is 9.47 Å². The van der Waals surface area contributed by atoms with Crippen LogP contribution in [0.5, 0.6) is 0 Å². The maximum Gasteiger partial charge on any atom is 0.233 e. The Labute approximate surface area is 124 Å². The average Bonchev–Trinajstić information content (AvgIpc) is 3.12. The summed E-state index contributed by atoms with van der Waals surface area (Å²) in [6.07, 6.45) is 3.69. The Kier molecular flexibility index (Phi) is 3.28. The van der Waals surface area contributed by atoms with Crippen LogP contribution >= 0.6 is 0 Å². The maximum absolute atomic E-state index is 12.1. The molecule has 4 rings (SSSR count). The summed E-state index contributed by atoms with van der Waals surface area (Å²) in [5.74, 6) is -0.702. The normalized spacial score (nSPS) is 42.4. The molecule has 4 atom stereocenters. The van der Waals surface area contributed by atoms with Gasteiger partial charge in [-0.2, -0.15) is 0 Å². The fourth-order valence-electron chi connectivity index (χ4n) is 4.60. The third kappa shape index (κ3) is 2.12. The van der Waals surface area contributed by atoms with Crippen LogP contribution in [0.15, 0.2) is 0 Å². The summed E-state index contributed by atoms with van der Waals surface area (Å²) >= 11 is 0. The van der Waals surface area contributed by atoms with Gasteiger partial charge in [-0.15, -0.1) is 0 Å². The first-order valence-electron chi connectivity index (χ1n) is 8.02. The van der Waals surface area contributed by atoms with Crippen LogP contribution in [0, 0.1) is 11.8 Å². The summed E-state index contributed by atoms with van der Waals surface area (Å²) in [7, 11) is 0. The van der Waals surface area contributed by atoms with Crippen LogP contribution in [-0.2, 0) is 19.1 Å². The van der Waals surface area contributed by atoms with Crippen molar-refractivity contribution in [1.29, 1.82) is 0 Å². The number of carbonyl (C=O) groups is 2. The molecule has 0 aliphatic carbocycles. The first-order chi connectivity index (χ1) is 10.2. The van der Waals surface area contributed by atoms with Gasteiger partial charge in [0, 0.05) is 13.1 Å². The Morgan fingerprint density at radius 2 is 2.05 bits per heavy atom. The zero-order chi connectivity index (χ0) is 14.4. The van der Waals surface area contributed by atoms with Gasteiger partial charge in [0.05, 0.1) is 36.8 Å². The van der Waals surface area contributed by atoms with Gasteiger partial charge in [0.2, 0.25) is 11.8 Å². The molecule has 4 unspecified atom stereocenters. The predicted molar refractivity (Wildman–Crippen MR) is 73.5 cm³/mol. The molecule has 6 nitrogen and oxygen atoms in total. The lowest BCUT2D eigenvalue weighted by atomic mass is 9.71. The number of ether oxygens (including phenoxy) is 2. The van der Waals surface area contributed by atoms with Crippen molar-refractivity contribution >= 4 is 11.8 Å². The Morgan fingerprint density at radius 3 is 2.86 bits per heavy atom. The number of hydrogen-bond donors (Lipinski definition) is 1. The molecular formula is C15H22N2O4. The van der Waals surface area contributed by atoms with Crippen LogP contribution in [0.4, 0.5) is 0 Å². The summed E-state index contributed by atoms with van der Waals surface area (Å²) in [5, 5.41) is 2.50. The van der Waals surface area contributed by atoms with Crippen molar-refractivity contribution in [3.63, 3.8) is 0 Å². The molecule has 2 bridgehead atoms. The first kappa shape index (κ1) is 13.7. The molecule has 0 saturated carbocycles. The van der Waals surface area contributed by atoms with Crippen LogP contribution in [-0.4, -0.2) is 61.3 Å². The van der Waals surface area contributed by atoms with E-state index in [-0.39, 0.29) is 35.4 Å². The number of hydrogen-bond acceptors (Lipinski definition) is 5. The molecule has 0 radical (unpaired) electrons. The van der Waals surface area contributed by atoms with Gasteiger partial charge in [-0.3, -0.25) is 19.8 Å². The van der Waals surface area contributed by atoms with E-state index in [0.717, 1.165) is 58.5 Å². The second-order valence-electron chi connectivity index (χ2n) is 6.67. The van der Waals surface area contributed by atoms with Crippen molar-refractivity contribution in [3.05, 3.63) is 0 Å². The van der Waals surface area contributed by atoms with E-state index in [1.165, 1.54) is 0 Å².